The summed E-state index contributed by atoms with van der Waals surface area (Å²) in [5.74, 6) is 0.167. The van der Waals surface area contributed by atoms with E-state index in [1.165, 1.54) is 5.39 Å². The lowest BCUT2D eigenvalue weighted by molar-refractivity contribution is -0.129. The van der Waals surface area contributed by atoms with Gasteiger partial charge in [0.1, 0.15) is 6.10 Å². The molecule has 0 heterocycles. The molecule has 0 saturated carbocycles. The Kier molecular flexibility index (Phi) is 4.69. The molecule has 2 nitrogen and oxygen atoms in total. The third-order valence-corrected chi connectivity index (χ3v) is 3.34. The van der Waals surface area contributed by atoms with E-state index >= 15 is 0 Å². The van der Waals surface area contributed by atoms with Crippen molar-refractivity contribution in [3.63, 3.8) is 0 Å². The van der Waals surface area contributed by atoms with Crippen LogP contribution in [0.4, 0.5) is 0 Å². The number of fused-ring (bicyclic) bond motifs is 1. The average Bonchev–Trinajstić information content (AvgIpc) is 2.45. The van der Waals surface area contributed by atoms with Crippen LogP contribution in [0.25, 0.3) is 10.8 Å². The van der Waals surface area contributed by atoms with Gasteiger partial charge in [-0.25, -0.2) is 0 Å². The summed E-state index contributed by atoms with van der Waals surface area (Å²) in [4.78, 5) is 12.3. The Balaban J connectivity index is 2.23. The summed E-state index contributed by atoms with van der Waals surface area (Å²) in [5, 5.41) is 2.34. The van der Waals surface area contributed by atoms with E-state index in [-0.39, 0.29) is 11.9 Å². The Bertz CT molecular complexity index is 555. The highest BCUT2D eigenvalue weighted by atomic mass is 16.5. The van der Waals surface area contributed by atoms with Crippen LogP contribution < -0.4 is 0 Å². The van der Waals surface area contributed by atoms with Gasteiger partial charge in [0, 0.05) is 13.0 Å². The van der Waals surface area contributed by atoms with E-state index in [4.69, 9.17) is 4.74 Å². The Labute approximate surface area is 114 Å². The first-order valence-electron chi connectivity index (χ1n) is 6.87. The largest absolute Gasteiger partial charge is 0.371 e. The van der Waals surface area contributed by atoms with Gasteiger partial charge in [-0.3, -0.25) is 4.79 Å². The van der Waals surface area contributed by atoms with Gasteiger partial charge in [0.05, 0.1) is 0 Å². The van der Waals surface area contributed by atoms with Gasteiger partial charge in [-0.15, -0.1) is 0 Å². The zero-order valence-corrected chi connectivity index (χ0v) is 11.6. The minimum atomic E-state index is -0.274. The summed E-state index contributed by atoms with van der Waals surface area (Å²) in [6, 6.07) is 14.3. The molecule has 2 aromatic rings. The number of hydrogen-bond acceptors (Lipinski definition) is 2. The Morgan fingerprint density at radius 3 is 2.58 bits per heavy atom. The molecule has 0 fully saturated rings. The van der Waals surface area contributed by atoms with Crippen LogP contribution in [-0.4, -0.2) is 18.5 Å². The summed E-state index contributed by atoms with van der Waals surface area (Å²) in [5.41, 5.74) is 1.08. The SMILES string of the molecule is CCOC(CC)C(=O)Cc1cccc2ccccc12. The second kappa shape index (κ2) is 6.48. The Morgan fingerprint density at radius 1 is 1.11 bits per heavy atom. The topological polar surface area (TPSA) is 26.3 Å². The lowest BCUT2D eigenvalue weighted by atomic mass is 9.98. The molecule has 0 saturated heterocycles. The van der Waals surface area contributed by atoms with E-state index < -0.39 is 0 Å². The number of rotatable bonds is 6. The van der Waals surface area contributed by atoms with Crippen molar-refractivity contribution in [1.82, 2.24) is 0 Å². The van der Waals surface area contributed by atoms with Gasteiger partial charge in [-0.2, -0.15) is 0 Å². The molecule has 0 N–H and O–H groups in total. The van der Waals surface area contributed by atoms with Crippen molar-refractivity contribution in [2.75, 3.05) is 6.61 Å². The third-order valence-electron chi connectivity index (χ3n) is 3.34. The van der Waals surface area contributed by atoms with Gasteiger partial charge < -0.3 is 4.74 Å². The first-order chi connectivity index (χ1) is 9.26. The van der Waals surface area contributed by atoms with Crippen LogP contribution in [0.5, 0.6) is 0 Å². The molecule has 2 rings (SSSR count). The molecule has 1 unspecified atom stereocenters. The monoisotopic (exact) mass is 256 g/mol. The van der Waals surface area contributed by atoms with Gasteiger partial charge in [0.2, 0.25) is 0 Å². The van der Waals surface area contributed by atoms with Crippen LogP contribution in [0, 0.1) is 0 Å². The van der Waals surface area contributed by atoms with Crippen LogP contribution in [0.15, 0.2) is 42.5 Å². The molecule has 0 spiro atoms. The number of carbonyl (C=O) groups is 1. The van der Waals surface area contributed by atoms with E-state index in [1.54, 1.807) is 0 Å². The number of benzene rings is 2. The first-order valence-corrected chi connectivity index (χ1v) is 6.87. The van der Waals surface area contributed by atoms with Crippen LogP contribution in [0.2, 0.25) is 0 Å². The maximum absolute atomic E-state index is 12.3. The molecule has 1 atom stereocenters. The van der Waals surface area contributed by atoms with Crippen molar-refractivity contribution in [2.45, 2.75) is 32.8 Å². The van der Waals surface area contributed by atoms with Crippen molar-refractivity contribution in [3.05, 3.63) is 48.0 Å². The van der Waals surface area contributed by atoms with Crippen molar-refractivity contribution in [2.24, 2.45) is 0 Å². The number of Topliss-reactive ketones (excluding diaryl/α,β-unsaturated/α-hetero) is 1. The highest BCUT2D eigenvalue weighted by molar-refractivity contribution is 5.92. The number of ketones is 1. The van der Waals surface area contributed by atoms with E-state index in [0.29, 0.717) is 13.0 Å². The molecule has 0 amide bonds. The predicted molar refractivity (Wildman–Crippen MR) is 78.4 cm³/mol. The van der Waals surface area contributed by atoms with E-state index in [0.717, 1.165) is 17.4 Å². The Hall–Kier alpha value is -1.67. The van der Waals surface area contributed by atoms with Crippen molar-refractivity contribution in [3.8, 4) is 0 Å². The van der Waals surface area contributed by atoms with Gasteiger partial charge in [0.25, 0.3) is 0 Å². The van der Waals surface area contributed by atoms with Crippen LogP contribution in [0.3, 0.4) is 0 Å². The molecule has 2 heteroatoms. The summed E-state index contributed by atoms with van der Waals surface area (Å²) in [6.45, 7) is 4.50. The second-order valence-electron chi connectivity index (χ2n) is 4.63. The summed E-state index contributed by atoms with van der Waals surface area (Å²) in [7, 11) is 0. The van der Waals surface area contributed by atoms with Crippen LogP contribution in [-0.2, 0) is 16.0 Å². The number of hydrogen-bond donors (Lipinski definition) is 0. The maximum atomic E-state index is 12.3. The van der Waals surface area contributed by atoms with Gasteiger partial charge in [-0.1, -0.05) is 49.4 Å². The fourth-order valence-electron chi connectivity index (χ4n) is 2.39. The second-order valence-corrected chi connectivity index (χ2v) is 4.63. The van der Waals surface area contributed by atoms with Gasteiger partial charge in [0.15, 0.2) is 5.78 Å². The zero-order valence-electron chi connectivity index (χ0n) is 11.6. The zero-order chi connectivity index (χ0) is 13.7. The van der Waals surface area contributed by atoms with E-state index in [2.05, 4.69) is 18.2 Å². The molecule has 100 valence electrons. The highest BCUT2D eigenvalue weighted by Crippen LogP contribution is 2.20. The first kappa shape index (κ1) is 13.8. The molecule has 2 aromatic carbocycles. The normalized spacial score (nSPS) is 12.5. The fraction of sp³-hybridized carbons (Fsp3) is 0.353. The highest BCUT2D eigenvalue weighted by Gasteiger charge is 2.17. The molecule has 0 bridgehead atoms. The standard InChI is InChI=1S/C17H20O2/c1-3-17(19-4-2)16(18)12-14-10-7-9-13-8-5-6-11-15(13)14/h5-11,17H,3-4,12H2,1-2H3. The molecule has 0 aliphatic carbocycles. The quantitative estimate of drug-likeness (QED) is 0.786. The van der Waals surface area contributed by atoms with Crippen LogP contribution in [0.1, 0.15) is 25.8 Å². The summed E-state index contributed by atoms with van der Waals surface area (Å²) < 4.78 is 5.49. The van der Waals surface area contributed by atoms with E-state index in [1.807, 2.05) is 38.1 Å². The minimum Gasteiger partial charge on any atom is -0.371 e. The molecule has 0 aliphatic heterocycles. The fourth-order valence-corrected chi connectivity index (χ4v) is 2.39. The van der Waals surface area contributed by atoms with Crippen LogP contribution >= 0.6 is 0 Å². The summed E-state index contributed by atoms with van der Waals surface area (Å²) >= 11 is 0. The smallest absolute Gasteiger partial charge is 0.165 e. The van der Waals surface area contributed by atoms with Crippen molar-refractivity contribution >= 4 is 16.6 Å². The lowest BCUT2D eigenvalue weighted by Gasteiger charge is -2.14. The van der Waals surface area contributed by atoms with Crippen molar-refractivity contribution < 1.29 is 9.53 Å². The maximum Gasteiger partial charge on any atom is 0.165 e. The molecule has 19 heavy (non-hydrogen) atoms. The number of carbonyl (C=O) groups excluding carboxylic acids is 1. The third kappa shape index (κ3) is 3.21. The molecule has 0 aromatic heterocycles. The minimum absolute atomic E-state index is 0.167. The predicted octanol–water partition coefficient (Wildman–Crippen LogP) is 3.77. The number of ether oxygens (including phenoxy) is 1. The van der Waals surface area contributed by atoms with Gasteiger partial charge >= 0.3 is 0 Å². The molecular formula is C17H20O2. The molecular weight excluding hydrogens is 236 g/mol. The molecule has 0 radical (unpaired) electrons. The van der Waals surface area contributed by atoms with E-state index in [9.17, 15) is 4.79 Å². The lowest BCUT2D eigenvalue weighted by Crippen LogP contribution is -2.25. The molecule has 0 aliphatic rings. The average molecular weight is 256 g/mol. The Morgan fingerprint density at radius 2 is 1.84 bits per heavy atom. The van der Waals surface area contributed by atoms with Gasteiger partial charge in [-0.05, 0) is 29.7 Å². The van der Waals surface area contributed by atoms with Crippen molar-refractivity contribution in [1.29, 1.82) is 0 Å². The summed E-state index contributed by atoms with van der Waals surface area (Å²) in [6.07, 6.45) is 0.904.